The molecule has 0 radical (unpaired) electrons. The number of halogens is 5. The van der Waals surface area contributed by atoms with Crippen LogP contribution in [0.1, 0.15) is 43.4 Å². The van der Waals surface area contributed by atoms with E-state index in [-0.39, 0.29) is 25.6 Å². The van der Waals surface area contributed by atoms with E-state index in [4.69, 9.17) is 43.1 Å². The van der Waals surface area contributed by atoms with E-state index in [2.05, 4.69) is 0 Å². The largest absolute Gasteiger partial charge is 0.493 e. The van der Waals surface area contributed by atoms with Crippen molar-refractivity contribution in [2.24, 2.45) is 5.73 Å². The van der Waals surface area contributed by atoms with Gasteiger partial charge in [-0.15, -0.1) is 0 Å². The van der Waals surface area contributed by atoms with Crippen molar-refractivity contribution < 1.29 is 27.4 Å². The van der Waals surface area contributed by atoms with Crippen LogP contribution in [0.5, 0.6) is 5.75 Å². The molecule has 1 fully saturated rings. The summed E-state index contributed by atoms with van der Waals surface area (Å²) >= 11 is 12.0. The number of rotatable bonds is 8. The fourth-order valence-corrected chi connectivity index (χ4v) is 4.12. The van der Waals surface area contributed by atoms with Crippen LogP contribution in [-0.4, -0.2) is 31.1 Å². The van der Waals surface area contributed by atoms with Gasteiger partial charge in [-0.05, 0) is 81.0 Å². The number of nitrogens with two attached hydrogens (primary N) is 1. The predicted octanol–water partition coefficient (Wildman–Crippen LogP) is 6.44. The summed E-state index contributed by atoms with van der Waals surface area (Å²) in [5.41, 5.74) is 6.20. The topological polar surface area (TPSA) is 53.7 Å². The summed E-state index contributed by atoms with van der Waals surface area (Å²) in [5, 5.41) is 1.03. The third-order valence-corrected chi connectivity index (χ3v) is 5.90. The summed E-state index contributed by atoms with van der Waals surface area (Å²) in [4.78, 5) is 0. The van der Waals surface area contributed by atoms with Gasteiger partial charge >= 0.3 is 6.18 Å². The number of alkyl halides is 3. The molecule has 182 valence electrons. The molecule has 4 nitrogen and oxygen atoms in total. The summed E-state index contributed by atoms with van der Waals surface area (Å²) < 4.78 is 57.7. The van der Waals surface area contributed by atoms with Crippen molar-refractivity contribution in [2.45, 2.75) is 57.0 Å². The Bertz CT molecular complexity index is 936. The lowest BCUT2D eigenvalue weighted by Crippen LogP contribution is -2.57. The minimum absolute atomic E-state index is 0.128. The van der Waals surface area contributed by atoms with Crippen LogP contribution in [0.3, 0.4) is 0 Å². The Balaban J connectivity index is 1.59. The van der Waals surface area contributed by atoms with Crippen LogP contribution >= 0.6 is 23.2 Å². The van der Waals surface area contributed by atoms with E-state index in [1.807, 2.05) is 0 Å². The molecule has 1 aliphatic rings. The Kier molecular flexibility index (Phi) is 8.23. The molecule has 1 heterocycles. The molecule has 1 aliphatic heterocycles. The zero-order valence-electron chi connectivity index (χ0n) is 18.6. The van der Waals surface area contributed by atoms with Gasteiger partial charge in [0.25, 0.3) is 0 Å². The molecular formula is C24H28Cl2F3NO3. The van der Waals surface area contributed by atoms with Gasteiger partial charge in [0.2, 0.25) is 0 Å². The van der Waals surface area contributed by atoms with Gasteiger partial charge in [0.05, 0.1) is 30.9 Å². The first-order chi connectivity index (χ1) is 15.4. The Morgan fingerprint density at radius 3 is 2.21 bits per heavy atom. The van der Waals surface area contributed by atoms with Crippen LogP contribution < -0.4 is 10.5 Å². The van der Waals surface area contributed by atoms with Gasteiger partial charge in [0, 0.05) is 10.0 Å². The molecule has 2 aromatic carbocycles. The highest BCUT2D eigenvalue weighted by atomic mass is 35.5. The van der Waals surface area contributed by atoms with Gasteiger partial charge < -0.3 is 19.9 Å². The Morgan fingerprint density at radius 2 is 1.61 bits per heavy atom. The third-order valence-electron chi connectivity index (χ3n) is 5.47. The smallest absolute Gasteiger partial charge is 0.419 e. The van der Waals surface area contributed by atoms with Crippen molar-refractivity contribution in [3.63, 3.8) is 0 Å². The maximum atomic E-state index is 13.7. The highest BCUT2D eigenvalue weighted by molar-refractivity contribution is 6.34. The molecule has 3 rings (SSSR count). The monoisotopic (exact) mass is 505 g/mol. The second-order valence-corrected chi connectivity index (χ2v) is 9.77. The van der Waals surface area contributed by atoms with Crippen LogP contribution in [0.15, 0.2) is 36.4 Å². The molecule has 0 atom stereocenters. The second-order valence-electron chi connectivity index (χ2n) is 8.90. The van der Waals surface area contributed by atoms with Gasteiger partial charge in [-0.2, -0.15) is 13.2 Å². The first-order valence-corrected chi connectivity index (χ1v) is 11.5. The third kappa shape index (κ3) is 7.76. The zero-order chi connectivity index (χ0) is 24.3. The lowest BCUT2D eigenvalue weighted by molar-refractivity contribution is -0.267. The summed E-state index contributed by atoms with van der Waals surface area (Å²) in [6, 6.07) is 9.31. The van der Waals surface area contributed by atoms with Crippen LogP contribution in [0.4, 0.5) is 13.2 Å². The molecule has 33 heavy (non-hydrogen) atoms. The normalized spacial score (nSPS) is 17.7. The van der Waals surface area contributed by atoms with Gasteiger partial charge in [0.15, 0.2) is 5.79 Å². The number of benzene rings is 2. The molecule has 0 aliphatic carbocycles. The molecule has 9 heteroatoms. The van der Waals surface area contributed by atoms with E-state index in [0.29, 0.717) is 41.3 Å². The molecule has 0 aromatic heterocycles. The number of hydrogen-bond acceptors (Lipinski definition) is 4. The highest BCUT2D eigenvalue weighted by Gasteiger charge is 2.38. The van der Waals surface area contributed by atoms with Gasteiger partial charge in [-0.1, -0.05) is 29.3 Å². The Labute approximate surface area is 202 Å². The molecule has 0 spiro atoms. The minimum atomic E-state index is -4.53. The van der Waals surface area contributed by atoms with E-state index in [1.165, 1.54) is 6.07 Å². The lowest BCUT2D eigenvalue weighted by Gasteiger charge is -2.41. The summed E-state index contributed by atoms with van der Waals surface area (Å²) in [6.07, 6.45) is -2.64. The number of hydrogen-bond donors (Lipinski definition) is 1. The molecule has 0 amide bonds. The van der Waals surface area contributed by atoms with Gasteiger partial charge in [-0.25, -0.2) is 0 Å². The van der Waals surface area contributed by atoms with Gasteiger partial charge in [-0.3, -0.25) is 0 Å². The molecule has 1 saturated heterocycles. The average molecular weight is 506 g/mol. The first kappa shape index (κ1) is 26.1. The maximum absolute atomic E-state index is 13.7. The quantitative estimate of drug-likeness (QED) is 0.419. The van der Waals surface area contributed by atoms with E-state index < -0.39 is 23.1 Å². The van der Waals surface area contributed by atoms with E-state index in [0.717, 1.165) is 11.6 Å². The molecule has 2 N–H and O–H groups in total. The van der Waals surface area contributed by atoms with Crippen molar-refractivity contribution in [1.29, 1.82) is 0 Å². The number of aryl methyl sites for hydroxylation is 2. The predicted molar refractivity (Wildman–Crippen MR) is 123 cm³/mol. The molecule has 0 bridgehead atoms. The maximum Gasteiger partial charge on any atom is 0.419 e. The van der Waals surface area contributed by atoms with Crippen molar-refractivity contribution >= 4 is 23.2 Å². The fraction of sp³-hybridized carbons (Fsp3) is 0.500. The van der Waals surface area contributed by atoms with E-state index in [1.54, 1.807) is 38.1 Å². The number of ether oxygens (including phenoxy) is 3. The molecular weight excluding hydrogens is 478 g/mol. The van der Waals surface area contributed by atoms with E-state index in [9.17, 15) is 13.2 Å². The Morgan fingerprint density at radius 1 is 0.970 bits per heavy atom. The van der Waals surface area contributed by atoms with Crippen molar-refractivity contribution in [3.05, 3.63) is 63.1 Å². The SMILES string of the molecule is CC1(C)OCC(N)(CCc2ccc(OCCCc3cc(Cl)cc(Cl)c3)c(C(F)(F)F)c2)CO1. The van der Waals surface area contributed by atoms with Crippen LogP contribution in [0.25, 0.3) is 0 Å². The van der Waals surface area contributed by atoms with Crippen LogP contribution in [0.2, 0.25) is 10.0 Å². The minimum Gasteiger partial charge on any atom is -0.493 e. The first-order valence-electron chi connectivity index (χ1n) is 10.7. The van der Waals surface area contributed by atoms with Crippen molar-refractivity contribution in [2.75, 3.05) is 19.8 Å². The zero-order valence-corrected chi connectivity index (χ0v) is 20.1. The summed E-state index contributed by atoms with van der Waals surface area (Å²) in [7, 11) is 0. The van der Waals surface area contributed by atoms with Crippen LogP contribution in [0, 0.1) is 0 Å². The van der Waals surface area contributed by atoms with Crippen molar-refractivity contribution in [1.82, 2.24) is 0 Å². The van der Waals surface area contributed by atoms with E-state index >= 15 is 0 Å². The fourth-order valence-electron chi connectivity index (χ4n) is 3.55. The Hall–Kier alpha value is -1.51. The van der Waals surface area contributed by atoms with Gasteiger partial charge in [0.1, 0.15) is 5.75 Å². The molecule has 0 saturated carbocycles. The lowest BCUT2D eigenvalue weighted by atomic mass is 9.92. The second kappa shape index (κ2) is 10.4. The molecule has 0 unspecified atom stereocenters. The van der Waals surface area contributed by atoms with Crippen molar-refractivity contribution in [3.8, 4) is 5.75 Å². The average Bonchev–Trinajstić information content (AvgIpc) is 2.71. The summed E-state index contributed by atoms with van der Waals surface area (Å²) in [5.74, 6) is -0.895. The standard InChI is InChI=1S/C24H28Cl2F3NO3/c1-22(2)32-14-23(30,15-33-22)8-7-16-5-6-21(20(12-16)24(27,28)29)31-9-3-4-17-10-18(25)13-19(26)11-17/h5-6,10-13H,3-4,7-9,14-15,30H2,1-2H3. The van der Waals surface area contributed by atoms with Crippen LogP contribution in [-0.2, 0) is 28.5 Å². The highest BCUT2D eigenvalue weighted by Crippen LogP contribution is 2.37. The summed E-state index contributed by atoms with van der Waals surface area (Å²) in [6.45, 7) is 4.29. The molecule has 2 aromatic rings.